The summed E-state index contributed by atoms with van der Waals surface area (Å²) >= 11 is 0. The molecule has 2 rings (SSSR count). The number of benzene rings is 2. The molecule has 4 heteroatoms. The van der Waals surface area contributed by atoms with Gasteiger partial charge in [0.1, 0.15) is 0 Å². The Hall–Kier alpha value is -1.79. The standard InChI is InChI=1S/C54H96N2Si2/c1-9-11-13-14-15-16-17-18-19-20-21-22-23-24-25-26-27-28-29-30-31-32-33-34-36-54(56-52-43-39-50(40-44-52)46-48-58(6,7)8)53(35-12-10-2)55-51-41-37-49(38-42-51)45-47-57(3,4)5/h37-44H,9-36,45-48H2,1-8H3. The molecule has 0 aliphatic carbocycles. The fourth-order valence-corrected chi connectivity index (χ4v) is 10.0. The van der Waals surface area contributed by atoms with E-state index in [4.69, 9.17) is 9.98 Å². The van der Waals surface area contributed by atoms with Crippen LogP contribution in [0.5, 0.6) is 0 Å². The van der Waals surface area contributed by atoms with Crippen LogP contribution in [-0.2, 0) is 12.8 Å². The van der Waals surface area contributed by atoms with Crippen molar-refractivity contribution in [1.82, 2.24) is 0 Å². The highest BCUT2D eigenvalue weighted by Crippen LogP contribution is 2.24. The highest BCUT2D eigenvalue weighted by molar-refractivity contribution is 6.76. The minimum absolute atomic E-state index is 1.00. The van der Waals surface area contributed by atoms with Crippen LogP contribution in [0.25, 0.3) is 0 Å². The van der Waals surface area contributed by atoms with E-state index < -0.39 is 16.1 Å². The average molecular weight is 830 g/mol. The van der Waals surface area contributed by atoms with Crippen LogP contribution in [0.3, 0.4) is 0 Å². The Morgan fingerprint density at radius 3 is 0.879 bits per heavy atom. The topological polar surface area (TPSA) is 24.7 Å². The molecule has 2 aromatic carbocycles. The fourth-order valence-electron chi connectivity index (χ4n) is 7.95. The summed E-state index contributed by atoms with van der Waals surface area (Å²) in [6.07, 6.45) is 41.0. The third kappa shape index (κ3) is 29.4. The lowest BCUT2D eigenvalue weighted by atomic mass is 10.0. The third-order valence-electron chi connectivity index (χ3n) is 12.1. The van der Waals surface area contributed by atoms with Crippen LogP contribution < -0.4 is 0 Å². The smallest absolute Gasteiger partial charge is 0.0633 e. The second kappa shape index (κ2) is 32.9. The van der Waals surface area contributed by atoms with E-state index in [1.807, 2.05) is 0 Å². The summed E-state index contributed by atoms with van der Waals surface area (Å²) in [5, 5.41) is 0. The molecule has 0 aliphatic rings. The lowest BCUT2D eigenvalue weighted by molar-refractivity contribution is 0.517. The van der Waals surface area contributed by atoms with Crippen LogP contribution in [0.1, 0.15) is 205 Å². The molecule has 0 unspecified atom stereocenters. The van der Waals surface area contributed by atoms with Crippen molar-refractivity contribution < 1.29 is 0 Å². The van der Waals surface area contributed by atoms with Gasteiger partial charge in [0.2, 0.25) is 0 Å². The van der Waals surface area contributed by atoms with Gasteiger partial charge in [-0.25, -0.2) is 0 Å². The van der Waals surface area contributed by atoms with Gasteiger partial charge in [-0.3, -0.25) is 9.98 Å². The van der Waals surface area contributed by atoms with Crippen molar-refractivity contribution in [1.29, 1.82) is 0 Å². The Bertz CT molecular complexity index is 1310. The first-order chi connectivity index (χ1) is 28.0. The maximum atomic E-state index is 5.36. The largest absolute Gasteiger partial charge is 0.252 e. The zero-order chi connectivity index (χ0) is 42.2. The molecule has 0 fully saturated rings. The Labute approximate surface area is 364 Å². The van der Waals surface area contributed by atoms with Crippen molar-refractivity contribution in [3.05, 3.63) is 59.7 Å². The van der Waals surface area contributed by atoms with Gasteiger partial charge in [-0.1, -0.05) is 244 Å². The van der Waals surface area contributed by atoms with Gasteiger partial charge >= 0.3 is 0 Å². The van der Waals surface area contributed by atoms with Gasteiger partial charge in [-0.05, 0) is 73.9 Å². The van der Waals surface area contributed by atoms with Crippen molar-refractivity contribution in [2.45, 2.75) is 258 Å². The van der Waals surface area contributed by atoms with E-state index in [1.165, 1.54) is 208 Å². The molecule has 0 aromatic heterocycles. The second-order valence-electron chi connectivity index (χ2n) is 20.6. The fraction of sp³-hybridized carbons (Fsp3) is 0.741. The maximum absolute atomic E-state index is 5.36. The highest BCUT2D eigenvalue weighted by Gasteiger charge is 2.15. The summed E-state index contributed by atoms with van der Waals surface area (Å²) < 4.78 is 0. The van der Waals surface area contributed by atoms with Crippen LogP contribution in [0, 0.1) is 0 Å². The Balaban J connectivity index is 1.76. The van der Waals surface area contributed by atoms with Gasteiger partial charge in [0, 0.05) is 16.1 Å². The lowest BCUT2D eigenvalue weighted by Crippen LogP contribution is -2.19. The molecule has 0 radical (unpaired) electrons. The van der Waals surface area contributed by atoms with Crippen LogP contribution in [0.4, 0.5) is 11.4 Å². The molecule has 0 heterocycles. The molecule has 0 bridgehead atoms. The van der Waals surface area contributed by atoms with E-state index in [2.05, 4.69) is 102 Å². The van der Waals surface area contributed by atoms with Gasteiger partial charge in [-0.2, -0.15) is 0 Å². The SMILES string of the molecule is CCCCCCCCCCCCCCCCCCCCCCCCCCC(=Nc1ccc(CC[Si](C)(C)C)cc1)C(CCCC)=Nc1ccc(CC[Si](C)(C)C)cc1. The summed E-state index contributed by atoms with van der Waals surface area (Å²) in [6.45, 7) is 19.4. The van der Waals surface area contributed by atoms with Crippen LogP contribution in [0.2, 0.25) is 51.4 Å². The van der Waals surface area contributed by atoms with E-state index in [1.54, 1.807) is 0 Å². The third-order valence-corrected chi connectivity index (χ3v) is 15.6. The molecule has 58 heavy (non-hydrogen) atoms. The van der Waals surface area contributed by atoms with Crippen molar-refractivity contribution in [2.24, 2.45) is 9.98 Å². The minimum Gasteiger partial charge on any atom is -0.252 e. The molecule has 0 N–H and O–H groups in total. The molecule has 0 spiro atoms. The van der Waals surface area contributed by atoms with E-state index in [9.17, 15) is 0 Å². The molecule has 0 atom stereocenters. The molecule has 0 amide bonds. The monoisotopic (exact) mass is 829 g/mol. The number of aliphatic imine (C=N–C) groups is 2. The molecular formula is C54H96N2Si2. The van der Waals surface area contributed by atoms with Crippen LogP contribution in [-0.4, -0.2) is 27.6 Å². The number of unbranched alkanes of at least 4 members (excludes halogenated alkanes) is 24. The first-order valence-corrected chi connectivity index (χ1v) is 32.7. The molecule has 0 saturated heterocycles. The average Bonchev–Trinajstić information content (AvgIpc) is 3.19. The van der Waals surface area contributed by atoms with Crippen molar-refractivity contribution >= 4 is 38.9 Å². The predicted octanol–water partition coefficient (Wildman–Crippen LogP) is 19.3. The molecule has 0 aliphatic heterocycles. The van der Waals surface area contributed by atoms with Crippen molar-refractivity contribution in [3.8, 4) is 0 Å². The summed E-state index contributed by atoms with van der Waals surface area (Å²) in [6, 6.07) is 20.9. The zero-order valence-corrected chi connectivity index (χ0v) is 42.1. The summed E-state index contributed by atoms with van der Waals surface area (Å²) in [5.74, 6) is 0. The number of rotatable bonds is 37. The normalized spacial score (nSPS) is 12.8. The van der Waals surface area contributed by atoms with Gasteiger partial charge in [0.05, 0.1) is 22.8 Å². The summed E-state index contributed by atoms with van der Waals surface area (Å²) in [4.78, 5) is 10.7. The number of aryl methyl sites for hydroxylation is 2. The van der Waals surface area contributed by atoms with Gasteiger partial charge in [0.15, 0.2) is 0 Å². The Morgan fingerprint density at radius 2 is 0.603 bits per heavy atom. The highest BCUT2D eigenvalue weighted by atomic mass is 28.3. The first kappa shape index (κ1) is 52.4. The van der Waals surface area contributed by atoms with Crippen LogP contribution in [0.15, 0.2) is 58.5 Å². The quantitative estimate of drug-likeness (QED) is 0.0368. The maximum Gasteiger partial charge on any atom is 0.0633 e. The van der Waals surface area contributed by atoms with E-state index in [0.717, 1.165) is 30.6 Å². The number of hydrogen-bond acceptors (Lipinski definition) is 2. The van der Waals surface area contributed by atoms with Gasteiger partial charge in [0.25, 0.3) is 0 Å². The first-order valence-electron chi connectivity index (χ1n) is 25.3. The van der Waals surface area contributed by atoms with E-state index in [-0.39, 0.29) is 0 Å². The van der Waals surface area contributed by atoms with Crippen LogP contribution >= 0.6 is 0 Å². The van der Waals surface area contributed by atoms with Crippen molar-refractivity contribution in [2.75, 3.05) is 0 Å². The summed E-state index contributed by atoms with van der Waals surface area (Å²) in [5.41, 5.74) is 7.47. The van der Waals surface area contributed by atoms with Crippen molar-refractivity contribution in [3.63, 3.8) is 0 Å². The molecule has 2 aromatic rings. The van der Waals surface area contributed by atoms with E-state index >= 15 is 0 Å². The molecular weight excluding hydrogens is 733 g/mol. The second-order valence-corrected chi connectivity index (χ2v) is 31.8. The molecule has 0 saturated carbocycles. The van der Waals surface area contributed by atoms with Gasteiger partial charge in [-0.15, -0.1) is 0 Å². The Kier molecular flexibility index (Phi) is 29.7. The lowest BCUT2D eigenvalue weighted by Gasteiger charge is -2.15. The van der Waals surface area contributed by atoms with Gasteiger partial charge < -0.3 is 0 Å². The molecule has 2 nitrogen and oxygen atoms in total. The van der Waals surface area contributed by atoms with E-state index in [0.29, 0.717) is 0 Å². The minimum atomic E-state index is -1.05. The zero-order valence-electron chi connectivity index (χ0n) is 40.1. The number of hydrogen-bond donors (Lipinski definition) is 0. The molecule has 330 valence electrons. The summed E-state index contributed by atoms with van der Waals surface area (Å²) in [7, 11) is -2.10. The Morgan fingerprint density at radius 1 is 0.345 bits per heavy atom. The number of nitrogens with zero attached hydrogens (tertiary/aromatic N) is 2. The predicted molar refractivity (Wildman–Crippen MR) is 271 cm³/mol.